The van der Waals surface area contributed by atoms with Crippen molar-refractivity contribution in [3.05, 3.63) is 68.5 Å². The quantitative estimate of drug-likeness (QED) is 0.709. The second-order valence-electron chi connectivity index (χ2n) is 7.93. The number of rotatable bonds is 4. The highest BCUT2D eigenvalue weighted by molar-refractivity contribution is 5.89. The third-order valence-electron chi connectivity index (χ3n) is 5.22. The highest BCUT2D eigenvalue weighted by atomic mass is 16.8. The normalized spacial score (nSPS) is 28.6. The first kappa shape index (κ1) is 21.0. The first-order chi connectivity index (χ1) is 14.6. The molecule has 2 aliphatic heterocycles. The lowest BCUT2D eigenvalue weighted by molar-refractivity contribution is -0.218. The summed E-state index contributed by atoms with van der Waals surface area (Å²) in [5.41, 5.74) is -2.00. The summed E-state index contributed by atoms with van der Waals surface area (Å²) in [6, 6.07) is 9.97. The van der Waals surface area contributed by atoms with Gasteiger partial charge >= 0.3 is 11.7 Å². The number of hydrogen-bond acceptors (Lipinski definition) is 8. The smallest absolute Gasteiger partial charge is 0.338 e. The van der Waals surface area contributed by atoms with Gasteiger partial charge in [0.25, 0.3) is 11.3 Å². The number of ether oxygens (including phenoxy) is 4. The molecule has 162 valence electrons. The number of fused-ring (bicyclic) bond motifs is 1. The van der Waals surface area contributed by atoms with Gasteiger partial charge < -0.3 is 18.9 Å². The molecule has 10 nitrogen and oxygen atoms in total. The molecule has 0 aliphatic carbocycles. The molecule has 4 atom stereocenters. The molecule has 0 radical (unpaired) electrons. The molecule has 0 bridgehead atoms. The fourth-order valence-electron chi connectivity index (χ4n) is 3.80. The molecule has 4 rings (SSSR count). The number of nitrogens with one attached hydrogen (secondary N) is 1. The highest BCUT2D eigenvalue weighted by Crippen LogP contribution is 2.46. The SMILES string of the molecule is Cc1ccc(C(=O)OC[C@H]2O[C@@](C#N)(n3ccc(=O)[nH]c3=O)[C@@H]3OC(C)(C)O[C@@H]32)cc1. The number of nitriles is 1. The van der Waals surface area contributed by atoms with E-state index in [4.69, 9.17) is 18.9 Å². The van der Waals surface area contributed by atoms with Crippen LogP contribution in [-0.2, 0) is 24.7 Å². The van der Waals surface area contributed by atoms with Crippen LogP contribution in [0.15, 0.2) is 46.1 Å². The third kappa shape index (κ3) is 3.67. The topological polar surface area (TPSA) is 133 Å². The van der Waals surface area contributed by atoms with E-state index in [1.165, 1.54) is 0 Å². The Hall–Kier alpha value is -3.26. The van der Waals surface area contributed by atoms with E-state index in [-0.39, 0.29) is 6.61 Å². The highest BCUT2D eigenvalue weighted by Gasteiger charge is 2.65. The lowest BCUT2D eigenvalue weighted by Gasteiger charge is -2.30. The largest absolute Gasteiger partial charge is 0.459 e. The molecule has 2 aliphatic rings. The lowest BCUT2D eigenvalue weighted by Crippen LogP contribution is -2.50. The molecule has 0 spiro atoms. The Morgan fingerprint density at radius 2 is 1.90 bits per heavy atom. The molecule has 1 aromatic heterocycles. The van der Waals surface area contributed by atoms with Gasteiger partial charge in [0.15, 0.2) is 11.9 Å². The second-order valence-corrected chi connectivity index (χ2v) is 7.93. The average molecular weight is 427 g/mol. The molecular weight excluding hydrogens is 406 g/mol. The molecule has 0 saturated carbocycles. The van der Waals surface area contributed by atoms with E-state index in [0.717, 1.165) is 22.4 Å². The van der Waals surface area contributed by atoms with E-state index in [9.17, 15) is 19.6 Å². The van der Waals surface area contributed by atoms with Crippen molar-refractivity contribution in [1.82, 2.24) is 9.55 Å². The number of aromatic nitrogens is 2. The monoisotopic (exact) mass is 427 g/mol. The molecule has 2 aromatic rings. The van der Waals surface area contributed by atoms with E-state index < -0.39 is 47.0 Å². The molecule has 10 heteroatoms. The van der Waals surface area contributed by atoms with E-state index >= 15 is 0 Å². The number of benzene rings is 1. The number of aromatic amines is 1. The van der Waals surface area contributed by atoms with Crippen LogP contribution < -0.4 is 11.2 Å². The van der Waals surface area contributed by atoms with Crippen molar-refractivity contribution >= 4 is 5.97 Å². The Kier molecular flexibility index (Phi) is 5.05. The Labute approximate surface area is 176 Å². The summed E-state index contributed by atoms with van der Waals surface area (Å²) < 4.78 is 24.1. The minimum absolute atomic E-state index is 0.227. The van der Waals surface area contributed by atoms with Crippen molar-refractivity contribution in [2.75, 3.05) is 6.61 Å². The molecule has 0 amide bonds. The van der Waals surface area contributed by atoms with E-state index in [1.807, 2.05) is 13.0 Å². The molecular formula is C21H21N3O7. The van der Waals surface area contributed by atoms with Crippen molar-refractivity contribution in [2.24, 2.45) is 0 Å². The summed E-state index contributed by atoms with van der Waals surface area (Å²) in [5, 5.41) is 10.0. The van der Waals surface area contributed by atoms with Crippen LogP contribution in [0.2, 0.25) is 0 Å². The first-order valence-corrected chi connectivity index (χ1v) is 9.66. The zero-order valence-electron chi connectivity index (χ0n) is 17.2. The maximum absolute atomic E-state index is 12.4. The van der Waals surface area contributed by atoms with Gasteiger partial charge in [-0.25, -0.2) is 9.59 Å². The van der Waals surface area contributed by atoms with E-state index in [0.29, 0.717) is 5.56 Å². The van der Waals surface area contributed by atoms with Gasteiger partial charge in [-0.05, 0) is 32.9 Å². The second kappa shape index (κ2) is 7.46. The number of aryl methyl sites for hydroxylation is 1. The van der Waals surface area contributed by atoms with Gasteiger partial charge in [-0.3, -0.25) is 14.3 Å². The Morgan fingerprint density at radius 1 is 1.19 bits per heavy atom. The number of carbonyl (C=O) groups is 1. The van der Waals surface area contributed by atoms with Gasteiger partial charge in [0.05, 0.1) is 5.56 Å². The van der Waals surface area contributed by atoms with Crippen molar-refractivity contribution in [2.45, 2.75) is 50.6 Å². The summed E-state index contributed by atoms with van der Waals surface area (Å²) in [7, 11) is 0. The first-order valence-electron chi connectivity index (χ1n) is 9.66. The fourth-order valence-corrected chi connectivity index (χ4v) is 3.80. The van der Waals surface area contributed by atoms with Crippen LogP contribution in [0, 0.1) is 18.3 Å². The average Bonchev–Trinajstić information content (AvgIpc) is 3.18. The maximum Gasteiger partial charge on any atom is 0.338 e. The maximum atomic E-state index is 12.4. The third-order valence-corrected chi connectivity index (χ3v) is 5.22. The summed E-state index contributed by atoms with van der Waals surface area (Å²) >= 11 is 0. The summed E-state index contributed by atoms with van der Waals surface area (Å²) in [5.74, 6) is -1.62. The lowest BCUT2D eigenvalue weighted by atomic mass is 10.0. The summed E-state index contributed by atoms with van der Waals surface area (Å²) in [6.07, 6.45) is -1.52. The van der Waals surface area contributed by atoms with Crippen LogP contribution in [0.5, 0.6) is 0 Å². The fraction of sp³-hybridized carbons (Fsp3) is 0.429. The van der Waals surface area contributed by atoms with Gasteiger partial charge in [0.1, 0.15) is 24.9 Å². The van der Waals surface area contributed by atoms with Crippen molar-refractivity contribution in [3.63, 3.8) is 0 Å². The number of nitrogens with zero attached hydrogens (tertiary/aromatic N) is 2. The molecule has 2 saturated heterocycles. The molecule has 3 heterocycles. The van der Waals surface area contributed by atoms with Gasteiger partial charge in [-0.2, -0.15) is 5.26 Å². The minimum Gasteiger partial charge on any atom is -0.459 e. The predicted octanol–water partition coefficient (Wildman–Crippen LogP) is 0.797. The van der Waals surface area contributed by atoms with Crippen LogP contribution in [0.4, 0.5) is 0 Å². The number of esters is 1. The van der Waals surface area contributed by atoms with Crippen LogP contribution in [0.3, 0.4) is 0 Å². The predicted molar refractivity (Wildman–Crippen MR) is 105 cm³/mol. The van der Waals surface area contributed by atoms with E-state index in [1.54, 1.807) is 38.1 Å². The summed E-state index contributed by atoms with van der Waals surface area (Å²) in [4.78, 5) is 38.4. The van der Waals surface area contributed by atoms with E-state index in [2.05, 4.69) is 4.98 Å². The van der Waals surface area contributed by atoms with Crippen LogP contribution in [0.25, 0.3) is 0 Å². The van der Waals surface area contributed by atoms with Crippen LogP contribution >= 0.6 is 0 Å². The molecule has 0 unspecified atom stereocenters. The van der Waals surface area contributed by atoms with Crippen molar-refractivity contribution < 1.29 is 23.7 Å². The number of H-pyrrole nitrogens is 1. The van der Waals surface area contributed by atoms with Gasteiger partial charge in [0, 0.05) is 12.3 Å². The molecule has 1 N–H and O–H groups in total. The molecule has 2 fully saturated rings. The van der Waals surface area contributed by atoms with Crippen LogP contribution in [0.1, 0.15) is 29.8 Å². The van der Waals surface area contributed by atoms with Crippen LogP contribution in [-0.4, -0.2) is 46.2 Å². The standard InChI is InChI=1S/C21H21N3O7/c1-12-4-6-13(7-5-12)18(26)28-10-14-16-17(31-20(2,3)30-16)21(11-22,29-14)24-9-8-15(25)23-19(24)27/h4-9,14,16-17H,10H2,1-3H3,(H,23,25,27)/t14-,16-,17-,21-/m1/s1. The minimum atomic E-state index is -1.92. The van der Waals surface area contributed by atoms with Crippen molar-refractivity contribution in [3.8, 4) is 6.07 Å². The zero-order valence-corrected chi connectivity index (χ0v) is 17.2. The van der Waals surface area contributed by atoms with Gasteiger partial charge in [0.2, 0.25) is 0 Å². The zero-order chi connectivity index (χ0) is 22.4. The number of hydrogen-bond donors (Lipinski definition) is 1. The molecule has 31 heavy (non-hydrogen) atoms. The Morgan fingerprint density at radius 3 is 2.55 bits per heavy atom. The Bertz CT molecular complexity index is 1160. The van der Waals surface area contributed by atoms with Gasteiger partial charge in [-0.1, -0.05) is 17.7 Å². The number of carbonyl (C=O) groups excluding carboxylic acids is 1. The van der Waals surface area contributed by atoms with Gasteiger partial charge in [-0.15, -0.1) is 0 Å². The Balaban J connectivity index is 1.63. The summed E-state index contributed by atoms with van der Waals surface area (Å²) in [6.45, 7) is 5.01. The van der Waals surface area contributed by atoms with Crippen molar-refractivity contribution in [1.29, 1.82) is 5.26 Å². The molecule has 1 aromatic carbocycles.